The van der Waals surface area contributed by atoms with Crippen molar-refractivity contribution in [1.29, 1.82) is 0 Å². The Morgan fingerprint density at radius 1 is 0.630 bits per heavy atom. The molecule has 0 radical (unpaired) electrons. The first-order chi connectivity index (χ1) is 13.4. The summed E-state index contributed by atoms with van der Waals surface area (Å²) >= 11 is 0. The molecule has 2 fully saturated rings. The van der Waals surface area contributed by atoms with Crippen molar-refractivity contribution in [2.24, 2.45) is 17.8 Å². The van der Waals surface area contributed by atoms with E-state index in [0.29, 0.717) is 0 Å². The Kier molecular flexibility index (Phi) is 9.25. The quantitative estimate of drug-likeness (QED) is 0.362. The van der Waals surface area contributed by atoms with Crippen molar-refractivity contribution in [2.45, 2.75) is 116 Å². The van der Waals surface area contributed by atoms with Gasteiger partial charge in [-0.15, -0.1) is 0 Å². The van der Waals surface area contributed by atoms with Gasteiger partial charge in [0.2, 0.25) is 0 Å². The lowest BCUT2D eigenvalue weighted by Crippen LogP contribution is -2.25. The topological polar surface area (TPSA) is 0 Å². The van der Waals surface area contributed by atoms with Gasteiger partial charge in [0.25, 0.3) is 0 Å². The number of unbranched alkanes of at least 4 members (excludes halogenated alkanes) is 6. The Morgan fingerprint density at radius 3 is 1.81 bits per heavy atom. The fraction of sp³-hybridized carbons (Fsp3) is 0.778. The lowest BCUT2D eigenvalue weighted by molar-refractivity contribution is 0.155. The van der Waals surface area contributed by atoms with Crippen molar-refractivity contribution in [2.75, 3.05) is 0 Å². The molecule has 1 aromatic carbocycles. The minimum Gasteiger partial charge on any atom is -0.0654 e. The van der Waals surface area contributed by atoms with Gasteiger partial charge >= 0.3 is 0 Å². The molecule has 0 unspecified atom stereocenters. The highest BCUT2D eigenvalue weighted by Crippen LogP contribution is 2.44. The zero-order valence-electron chi connectivity index (χ0n) is 18.0. The number of hydrogen-bond acceptors (Lipinski definition) is 0. The van der Waals surface area contributed by atoms with E-state index in [9.17, 15) is 0 Å². The second-order valence-electron chi connectivity index (χ2n) is 9.71. The van der Waals surface area contributed by atoms with Gasteiger partial charge in [-0.1, -0.05) is 101 Å². The van der Waals surface area contributed by atoms with Gasteiger partial charge in [0.1, 0.15) is 0 Å². The second-order valence-corrected chi connectivity index (χ2v) is 9.71. The Hall–Kier alpha value is -0.780. The molecule has 27 heavy (non-hydrogen) atoms. The molecule has 152 valence electrons. The monoisotopic (exact) mass is 368 g/mol. The van der Waals surface area contributed by atoms with Crippen LogP contribution >= 0.6 is 0 Å². The van der Waals surface area contributed by atoms with E-state index in [1.54, 1.807) is 31.2 Å². The lowest BCUT2D eigenvalue weighted by Gasteiger charge is -2.38. The van der Waals surface area contributed by atoms with E-state index in [4.69, 9.17) is 0 Å². The molecule has 0 N–H and O–H groups in total. The van der Waals surface area contributed by atoms with Crippen molar-refractivity contribution in [3.05, 3.63) is 35.9 Å². The van der Waals surface area contributed by atoms with Crippen LogP contribution in [0.4, 0.5) is 0 Å². The van der Waals surface area contributed by atoms with E-state index in [2.05, 4.69) is 37.3 Å². The van der Waals surface area contributed by atoms with Crippen LogP contribution in [0.2, 0.25) is 0 Å². The normalized spacial score (nSPS) is 28.9. The summed E-state index contributed by atoms with van der Waals surface area (Å²) in [5.41, 5.74) is 1.59. The van der Waals surface area contributed by atoms with Gasteiger partial charge < -0.3 is 0 Å². The largest absolute Gasteiger partial charge is 0.0654 e. The fourth-order valence-electron chi connectivity index (χ4n) is 5.99. The molecule has 0 nitrogen and oxygen atoms in total. The van der Waals surface area contributed by atoms with Crippen LogP contribution in [0.5, 0.6) is 0 Å². The first kappa shape index (κ1) is 20.9. The maximum Gasteiger partial charge on any atom is -0.0162 e. The second kappa shape index (κ2) is 11.9. The van der Waals surface area contributed by atoms with E-state index >= 15 is 0 Å². The molecule has 0 amide bonds. The highest BCUT2D eigenvalue weighted by atomic mass is 14.4. The summed E-state index contributed by atoms with van der Waals surface area (Å²) in [6.45, 7) is 2.31. The summed E-state index contributed by atoms with van der Waals surface area (Å²) in [7, 11) is 0. The minimum atomic E-state index is 0.844. The molecule has 2 aliphatic rings. The maximum atomic E-state index is 2.35. The van der Waals surface area contributed by atoms with Crippen molar-refractivity contribution in [3.8, 4) is 0 Å². The van der Waals surface area contributed by atoms with Crippen LogP contribution in [0.25, 0.3) is 0 Å². The van der Waals surface area contributed by atoms with Crippen molar-refractivity contribution in [3.63, 3.8) is 0 Å². The Labute approximate surface area is 169 Å². The lowest BCUT2D eigenvalue weighted by atomic mass is 9.68. The van der Waals surface area contributed by atoms with Crippen molar-refractivity contribution >= 4 is 0 Å². The molecule has 0 bridgehead atoms. The van der Waals surface area contributed by atoms with Crippen LogP contribution in [-0.4, -0.2) is 0 Å². The van der Waals surface area contributed by atoms with E-state index in [-0.39, 0.29) is 0 Å². The average Bonchev–Trinajstić information content (AvgIpc) is 2.74. The molecule has 2 saturated carbocycles. The number of rotatable bonds is 10. The predicted molar refractivity (Wildman–Crippen MR) is 119 cm³/mol. The molecule has 0 atom stereocenters. The van der Waals surface area contributed by atoms with Gasteiger partial charge in [-0.2, -0.15) is 0 Å². The van der Waals surface area contributed by atoms with Crippen LogP contribution in [0.15, 0.2) is 30.3 Å². The Balaban J connectivity index is 1.27. The third kappa shape index (κ3) is 6.95. The van der Waals surface area contributed by atoms with Crippen molar-refractivity contribution in [1.82, 2.24) is 0 Å². The molecule has 0 saturated heterocycles. The van der Waals surface area contributed by atoms with Crippen LogP contribution in [0.1, 0.15) is 121 Å². The summed E-state index contributed by atoms with van der Waals surface area (Å²) < 4.78 is 0. The van der Waals surface area contributed by atoms with Crippen LogP contribution in [0.3, 0.4) is 0 Å². The van der Waals surface area contributed by atoms with Gasteiger partial charge in [0.15, 0.2) is 0 Å². The first-order valence-corrected chi connectivity index (χ1v) is 12.4. The smallest absolute Gasteiger partial charge is 0.0162 e. The highest BCUT2D eigenvalue weighted by Gasteiger charge is 2.31. The summed E-state index contributed by atoms with van der Waals surface area (Å²) in [6, 6.07) is 11.3. The van der Waals surface area contributed by atoms with Crippen LogP contribution in [-0.2, 0) is 0 Å². The van der Waals surface area contributed by atoms with Gasteiger partial charge in [-0.05, 0) is 67.8 Å². The predicted octanol–water partition coefficient (Wildman–Crippen LogP) is 8.91. The Bertz CT molecular complexity index is 474. The molecule has 0 aliphatic heterocycles. The first-order valence-electron chi connectivity index (χ1n) is 12.4. The van der Waals surface area contributed by atoms with Gasteiger partial charge in [-0.3, -0.25) is 0 Å². The van der Waals surface area contributed by atoms with E-state index in [1.165, 1.54) is 77.0 Å². The number of benzene rings is 1. The zero-order chi connectivity index (χ0) is 18.7. The number of hydrogen-bond donors (Lipinski definition) is 0. The zero-order valence-corrected chi connectivity index (χ0v) is 18.0. The van der Waals surface area contributed by atoms with Crippen LogP contribution < -0.4 is 0 Å². The third-order valence-corrected chi connectivity index (χ3v) is 7.82. The molecule has 3 rings (SSSR count). The van der Waals surface area contributed by atoms with Gasteiger partial charge in [0.05, 0.1) is 0 Å². The summed E-state index contributed by atoms with van der Waals surface area (Å²) in [5.74, 6) is 4.02. The molecule has 0 aromatic heterocycles. The molecule has 2 aliphatic carbocycles. The molecule has 1 aromatic rings. The summed E-state index contributed by atoms with van der Waals surface area (Å²) in [4.78, 5) is 0. The summed E-state index contributed by atoms with van der Waals surface area (Å²) in [5, 5.41) is 0. The molecular formula is C27H44. The molecular weight excluding hydrogens is 324 g/mol. The third-order valence-electron chi connectivity index (χ3n) is 7.82. The molecule has 0 spiro atoms. The average molecular weight is 369 g/mol. The standard InChI is InChI=1S/C27H44/c1-2-3-4-5-6-7-9-12-23-15-17-25(18-16-23)27-21-19-26(20-22-27)24-13-10-8-11-14-24/h8,10-11,13-14,23,25-27H,2-7,9,12,15-22H2,1H3/t23-,25-,26?,27?. The van der Waals surface area contributed by atoms with Gasteiger partial charge in [-0.25, -0.2) is 0 Å². The minimum absolute atomic E-state index is 0.844. The van der Waals surface area contributed by atoms with Crippen molar-refractivity contribution < 1.29 is 0 Å². The molecule has 0 heteroatoms. The van der Waals surface area contributed by atoms with Gasteiger partial charge in [0, 0.05) is 0 Å². The summed E-state index contributed by atoms with van der Waals surface area (Å²) in [6.07, 6.45) is 23.8. The SMILES string of the molecule is CCCCCCCCC[C@H]1CC[C@H](C2CCC(c3ccccc3)CC2)CC1. The highest BCUT2D eigenvalue weighted by molar-refractivity contribution is 5.19. The maximum absolute atomic E-state index is 2.35. The van der Waals surface area contributed by atoms with E-state index < -0.39 is 0 Å². The fourth-order valence-corrected chi connectivity index (χ4v) is 5.99. The van der Waals surface area contributed by atoms with E-state index in [0.717, 1.165) is 23.7 Å². The molecule has 0 heterocycles. The van der Waals surface area contributed by atoms with Crippen LogP contribution in [0, 0.1) is 17.8 Å². The Morgan fingerprint density at radius 2 is 1.19 bits per heavy atom. The van der Waals surface area contributed by atoms with E-state index in [1.807, 2.05) is 0 Å².